The van der Waals surface area contributed by atoms with Crippen LogP contribution in [-0.4, -0.2) is 6.04 Å². The lowest BCUT2D eigenvalue weighted by molar-refractivity contribution is 0.430. The fourth-order valence-corrected chi connectivity index (χ4v) is 2.71. The summed E-state index contributed by atoms with van der Waals surface area (Å²) in [6.07, 6.45) is 5.42. The van der Waals surface area contributed by atoms with E-state index in [0.29, 0.717) is 6.04 Å². The zero-order valence-corrected chi connectivity index (χ0v) is 9.37. The number of fused-ring (bicyclic) bond motifs is 1. The highest BCUT2D eigenvalue weighted by molar-refractivity contribution is 5.35. The second-order valence-corrected chi connectivity index (χ2v) is 5.10. The summed E-state index contributed by atoms with van der Waals surface area (Å²) in [5, 5.41) is 3.77. The molecular weight excluding hydrogens is 182 g/mol. The third kappa shape index (κ3) is 1.81. The highest BCUT2D eigenvalue weighted by Crippen LogP contribution is 2.38. The Kier molecular flexibility index (Phi) is 2.28. The van der Waals surface area contributed by atoms with Gasteiger partial charge in [-0.1, -0.05) is 31.2 Å². The van der Waals surface area contributed by atoms with Crippen molar-refractivity contribution < 1.29 is 0 Å². The molecule has 1 fully saturated rings. The molecule has 0 aliphatic heterocycles. The van der Waals surface area contributed by atoms with Crippen LogP contribution < -0.4 is 5.32 Å². The van der Waals surface area contributed by atoms with Crippen LogP contribution in [0.1, 0.15) is 55.7 Å². The van der Waals surface area contributed by atoms with E-state index in [1.165, 1.54) is 25.7 Å². The van der Waals surface area contributed by atoms with Crippen molar-refractivity contribution in [3.8, 4) is 0 Å². The summed E-state index contributed by atoms with van der Waals surface area (Å²) >= 11 is 0. The first-order valence-electron chi connectivity index (χ1n) is 6.19. The molecule has 0 heterocycles. The molecule has 2 atom stereocenters. The van der Waals surface area contributed by atoms with Gasteiger partial charge in [0.15, 0.2) is 0 Å². The summed E-state index contributed by atoms with van der Waals surface area (Å²) < 4.78 is 0. The third-order valence-corrected chi connectivity index (χ3v) is 3.80. The Morgan fingerprint density at radius 3 is 2.47 bits per heavy atom. The van der Waals surface area contributed by atoms with Crippen LogP contribution in [-0.2, 0) is 0 Å². The van der Waals surface area contributed by atoms with E-state index in [9.17, 15) is 0 Å². The maximum atomic E-state index is 3.77. The molecule has 1 aromatic carbocycles. The lowest BCUT2D eigenvalue weighted by Gasteiger charge is -2.30. The van der Waals surface area contributed by atoms with Crippen LogP contribution in [0.5, 0.6) is 0 Å². The van der Waals surface area contributed by atoms with Crippen LogP contribution in [0.15, 0.2) is 24.3 Å². The van der Waals surface area contributed by atoms with Gasteiger partial charge in [0.1, 0.15) is 0 Å². The van der Waals surface area contributed by atoms with Gasteiger partial charge < -0.3 is 5.32 Å². The number of hydrogen-bond acceptors (Lipinski definition) is 1. The van der Waals surface area contributed by atoms with Crippen LogP contribution in [0, 0.1) is 0 Å². The summed E-state index contributed by atoms with van der Waals surface area (Å²) in [7, 11) is 0. The summed E-state index contributed by atoms with van der Waals surface area (Å²) in [5.74, 6) is 0.749. The lowest BCUT2D eigenvalue weighted by atomic mass is 9.81. The van der Waals surface area contributed by atoms with Crippen molar-refractivity contribution in [3.63, 3.8) is 0 Å². The van der Waals surface area contributed by atoms with E-state index in [1.54, 1.807) is 11.1 Å². The molecule has 3 rings (SSSR count). The lowest BCUT2D eigenvalue weighted by Crippen LogP contribution is -2.27. The Labute approximate surface area is 91.9 Å². The Morgan fingerprint density at radius 2 is 1.73 bits per heavy atom. The van der Waals surface area contributed by atoms with Crippen LogP contribution >= 0.6 is 0 Å². The average Bonchev–Trinajstić information content (AvgIpc) is 3.07. The fourth-order valence-electron chi connectivity index (χ4n) is 2.71. The molecule has 2 aliphatic rings. The van der Waals surface area contributed by atoms with Gasteiger partial charge in [-0.15, -0.1) is 0 Å². The van der Waals surface area contributed by atoms with Crippen molar-refractivity contribution in [2.24, 2.45) is 0 Å². The van der Waals surface area contributed by atoms with Crippen molar-refractivity contribution in [2.75, 3.05) is 0 Å². The maximum Gasteiger partial charge on any atom is 0.0325 e. The van der Waals surface area contributed by atoms with Gasteiger partial charge in [-0.25, -0.2) is 0 Å². The van der Waals surface area contributed by atoms with Gasteiger partial charge >= 0.3 is 0 Å². The summed E-state index contributed by atoms with van der Waals surface area (Å²) in [4.78, 5) is 0. The molecule has 0 radical (unpaired) electrons. The van der Waals surface area contributed by atoms with E-state index in [4.69, 9.17) is 0 Å². The largest absolute Gasteiger partial charge is 0.307 e. The highest BCUT2D eigenvalue weighted by atomic mass is 15.0. The highest BCUT2D eigenvalue weighted by Gasteiger charge is 2.29. The second kappa shape index (κ2) is 3.64. The van der Waals surface area contributed by atoms with Gasteiger partial charge in [-0.05, 0) is 42.7 Å². The number of hydrogen-bond donors (Lipinski definition) is 1. The van der Waals surface area contributed by atoms with Crippen LogP contribution in [0.3, 0.4) is 0 Å². The predicted molar refractivity (Wildman–Crippen MR) is 63.0 cm³/mol. The monoisotopic (exact) mass is 201 g/mol. The van der Waals surface area contributed by atoms with Gasteiger partial charge in [0.25, 0.3) is 0 Å². The van der Waals surface area contributed by atoms with Crippen LogP contribution in [0.2, 0.25) is 0 Å². The molecule has 0 spiro atoms. The normalized spacial score (nSPS) is 29.9. The molecule has 1 saturated carbocycles. The Bertz CT molecular complexity index is 354. The maximum absolute atomic E-state index is 3.77. The van der Waals surface area contributed by atoms with Crippen molar-refractivity contribution >= 4 is 0 Å². The SMILES string of the molecule is C[C@H]1CC[C@H](NC2CC2)c2ccccc21. The van der Waals surface area contributed by atoms with Crippen LogP contribution in [0.4, 0.5) is 0 Å². The Morgan fingerprint density at radius 1 is 1.00 bits per heavy atom. The molecule has 1 heteroatoms. The van der Waals surface area contributed by atoms with Gasteiger partial charge in [-0.3, -0.25) is 0 Å². The first-order chi connectivity index (χ1) is 7.34. The molecule has 80 valence electrons. The Hall–Kier alpha value is -0.820. The van der Waals surface area contributed by atoms with Gasteiger partial charge in [0, 0.05) is 12.1 Å². The summed E-state index contributed by atoms with van der Waals surface area (Å²) in [5.41, 5.74) is 3.13. The van der Waals surface area contributed by atoms with E-state index in [0.717, 1.165) is 12.0 Å². The zero-order chi connectivity index (χ0) is 10.3. The quantitative estimate of drug-likeness (QED) is 0.773. The van der Waals surface area contributed by atoms with Crippen molar-refractivity contribution in [3.05, 3.63) is 35.4 Å². The molecule has 15 heavy (non-hydrogen) atoms. The zero-order valence-electron chi connectivity index (χ0n) is 9.37. The molecule has 0 bridgehead atoms. The van der Waals surface area contributed by atoms with E-state index in [-0.39, 0.29) is 0 Å². The van der Waals surface area contributed by atoms with Crippen molar-refractivity contribution in [1.82, 2.24) is 5.32 Å². The molecule has 0 unspecified atom stereocenters. The van der Waals surface area contributed by atoms with Crippen molar-refractivity contribution in [1.29, 1.82) is 0 Å². The molecule has 1 aromatic rings. The summed E-state index contributed by atoms with van der Waals surface area (Å²) in [6, 6.07) is 10.4. The molecule has 0 aromatic heterocycles. The molecule has 0 saturated heterocycles. The van der Waals surface area contributed by atoms with E-state index in [2.05, 4.69) is 36.5 Å². The standard InChI is InChI=1S/C14H19N/c1-10-6-9-14(15-11-7-8-11)13-5-3-2-4-12(10)13/h2-5,10-11,14-15H,6-9H2,1H3/t10-,14-/m0/s1. The summed E-state index contributed by atoms with van der Waals surface area (Å²) in [6.45, 7) is 2.35. The minimum atomic E-state index is 0.630. The first kappa shape index (κ1) is 9.41. The molecular formula is C14H19N. The molecule has 1 nitrogen and oxygen atoms in total. The van der Waals surface area contributed by atoms with Gasteiger partial charge in [-0.2, -0.15) is 0 Å². The molecule has 0 amide bonds. The number of nitrogens with one attached hydrogen (secondary N) is 1. The fraction of sp³-hybridized carbons (Fsp3) is 0.571. The number of benzene rings is 1. The first-order valence-corrected chi connectivity index (χ1v) is 6.19. The van der Waals surface area contributed by atoms with E-state index < -0.39 is 0 Å². The van der Waals surface area contributed by atoms with Gasteiger partial charge in [0.2, 0.25) is 0 Å². The van der Waals surface area contributed by atoms with E-state index >= 15 is 0 Å². The minimum Gasteiger partial charge on any atom is -0.307 e. The van der Waals surface area contributed by atoms with Crippen molar-refractivity contribution in [2.45, 2.75) is 50.6 Å². The topological polar surface area (TPSA) is 12.0 Å². The number of rotatable bonds is 2. The average molecular weight is 201 g/mol. The smallest absolute Gasteiger partial charge is 0.0325 e. The Balaban J connectivity index is 1.89. The van der Waals surface area contributed by atoms with Crippen LogP contribution in [0.25, 0.3) is 0 Å². The second-order valence-electron chi connectivity index (χ2n) is 5.10. The third-order valence-electron chi connectivity index (χ3n) is 3.80. The minimum absolute atomic E-state index is 0.630. The van der Waals surface area contributed by atoms with E-state index in [1.807, 2.05) is 0 Å². The predicted octanol–water partition coefficient (Wildman–Crippen LogP) is 3.38. The molecule has 2 aliphatic carbocycles. The molecule has 1 N–H and O–H groups in total. The van der Waals surface area contributed by atoms with Gasteiger partial charge in [0.05, 0.1) is 0 Å².